The highest BCUT2D eigenvalue weighted by Gasteiger charge is 2.41. The Bertz CT molecular complexity index is 191. The summed E-state index contributed by atoms with van der Waals surface area (Å²) in [5, 5.41) is 9.16. The van der Waals surface area contributed by atoms with Gasteiger partial charge in [-0.05, 0) is 6.92 Å². The Labute approximate surface area is 63.5 Å². The van der Waals surface area contributed by atoms with Crippen LogP contribution in [0.25, 0.3) is 0 Å². The fourth-order valence-corrected chi connectivity index (χ4v) is 0.828. The standard InChI is InChI=1S/C6H9NO4/c1-2-11-6(9)4-3-5(8)7(4)10/h4,10H,2-3H2,1H3/t4-/m1/s1. The first-order chi connectivity index (χ1) is 5.16. The number of β-lactam (4-membered cyclic amide) rings is 1. The summed E-state index contributed by atoms with van der Waals surface area (Å²) >= 11 is 0. The molecule has 0 aromatic carbocycles. The average Bonchev–Trinajstić information content (AvgIpc) is 1.99. The summed E-state index contributed by atoms with van der Waals surface area (Å²) in [5.41, 5.74) is 0. The third-order valence-electron chi connectivity index (χ3n) is 1.48. The maximum Gasteiger partial charge on any atom is 0.332 e. The molecule has 1 saturated heterocycles. The lowest BCUT2D eigenvalue weighted by atomic mass is 10.1. The van der Waals surface area contributed by atoms with E-state index in [1.807, 2.05) is 0 Å². The summed E-state index contributed by atoms with van der Waals surface area (Å²) in [5.74, 6) is -0.988. The Morgan fingerprint density at radius 1 is 1.91 bits per heavy atom. The summed E-state index contributed by atoms with van der Waals surface area (Å²) < 4.78 is 4.57. The van der Waals surface area contributed by atoms with Gasteiger partial charge in [0.2, 0.25) is 5.91 Å². The number of esters is 1. The molecule has 1 N–H and O–H groups in total. The summed E-state index contributed by atoms with van der Waals surface area (Å²) in [4.78, 5) is 21.2. The van der Waals surface area contributed by atoms with Crippen molar-refractivity contribution in [3.63, 3.8) is 0 Å². The molecule has 1 aliphatic rings. The first-order valence-electron chi connectivity index (χ1n) is 3.34. The zero-order valence-corrected chi connectivity index (χ0v) is 6.11. The van der Waals surface area contributed by atoms with Crippen LogP contribution in [0, 0.1) is 0 Å². The van der Waals surface area contributed by atoms with Crippen molar-refractivity contribution < 1.29 is 19.5 Å². The van der Waals surface area contributed by atoms with Crippen molar-refractivity contribution in [3.05, 3.63) is 0 Å². The minimum absolute atomic E-state index is 0.0509. The smallest absolute Gasteiger partial charge is 0.332 e. The summed E-state index contributed by atoms with van der Waals surface area (Å²) in [7, 11) is 0. The van der Waals surface area contributed by atoms with Crippen molar-refractivity contribution in [1.82, 2.24) is 5.06 Å². The van der Waals surface area contributed by atoms with E-state index in [1.54, 1.807) is 6.92 Å². The first kappa shape index (κ1) is 8.00. The molecular formula is C6H9NO4. The van der Waals surface area contributed by atoms with Crippen LogP contribution in [-0.4, -0.2) is 34.8 Å². The number of hydrogen-bond donors (Lipinski definition) is 1. The van der Waals surface area contributed by atoms with Gasteiger partial charge in [-0.15, -0.1) is 0 Å². The number of hydrogen-bond acceptors (Lipinski definition) is 4. The van der Waals surface area contributed by atoms with E-state index in [4.69, 9.17) is 5.21 Å². The largest absolute Gasteiger partial charge is 0.464 e. The van der Waals surface area contributed by atoms with E-state index in [9.17, 15) is 9.59 Å². The molecule has 1 atom stereocenters. The minimum Gasteiger partial charge on any atom is -0.464 e. The van der Waals surface area contributed by atoms with Crippen LogP contribution in [-0.2, 0) is 14.3 Å². The number of carbonyl (C=O) groups excluding carboxylic acids is 2. The van der Waals surface area contributed by atoms with E-state index in [-0.39, 0.29) is 13.0 Å². The van der Waals surface area contributed by atoms with Crippen LogP contribution >= 0.6 is 0 Å². The third-order valence-corrected chi connectivity index (χ3v) is 1.48. The normalized spacial score (nSPS) is 22.9. The second kappa shape index (κ2) is 2.87. The number of nitrogens with zero attached hydrogens (tertiary/aromatic N) is 1. The molecule has 0 aromatic heterocycles. The topological polar surface area (TPSA) is 66.8 Å². The molecule has 0 aromatic rings. The SMILES string of the molecule is CCOC(=O)[C@H]1CC(=O)N1O. The quantitative estimate of drug-likeness (QED) is 0.336. The highest BCUT2D eigenvalue weighted by atomic mass is 16.6. The average molecular weight is 159 g/mol. The Morgan fingerprint density at radius 3 is 2.91 bits per heavy atom. The number of amides is 1. The number of rotatable bonds is 2. The lowest BCUT2D eigenvalue weighted by Crippen LogP contribution is -2.55. The van der Waals surface area contributed by atoms with E-state index in [1.165, 1.54) is 0 Å². The Hall–Kier alpha value is -1.10. The highest BCUT2D eigenvalue weighted by molar-refractivity contribution is 5.93. The zero-order chi connectivity index (χ0) is 8.43. The van der Waals surface area contributed by atoms with Crippen LogP contribution in [0.4, 0.5) is 0 Å². The second-order valence-electron chi connectivity index (χ2n) is 2.21. The molecule has 1 heterocycles. The van der Waals surface area contributed by atoms with Crippen molar-refractivity contribution in [2.24, 2.45) is 0 Å². The van der Waals surface area contributed by atoms with Crippen molar-refractivity contribution in [1.29, 1.82) is 0 Å². The maximum absolute atomic E-state index is 10.8. The Kier molecular flexibility index (Phi) is 2.09. The van der Waals surface area contributed by atoms with Gasteiger partial charge in [-0.2, -0.15) is 0 Å². The predicted octanol–water partition coefficient (Wildman–Crippen LogP) is -0.460. The molecule has 5 nitrogen and oxygen atoms in total. The lowest BCUT2D eigenvalue weighted by molar-refractivity contribution is -0.210. The minimum atomic E-state index is -0.776. The molecule has 1 rings (SSSR count). The van der Waals surface area contributed by atoms with Gasteiger partial charge in [0.15, 0.2) is 6.04 Å². The van der Waals surface area contributed by atoms with Crippen molar-refractivity contribution in [2.75, 3.05) is 6.61 Å². The lowest BCUT2D eigenvalue weighted by Gasteiger charge is -2.32. The number of carbonyl (C=O) groups is 2. The van der Waals surface area contributed by atoms with Crippen LogP contribution in [0.3, 0.4) is 0 Å². The molecule has 0 unspecified atom stereocenters. The summed E-state index contributed by atoms with van der Waals surface area (Å²) in [6.45, 7) is 1.93. The zero-order valence-electron chi connectivity index (χ0n) is 6.11. The van der Waals surface area contributed by atoms with Crippen LogP contribution in [0.2, 0.25) is 0 Å². The molecular weight excluding hydrogens is 150 g/mol. The van der Waals surface area contributed by atoms with Crippen molar-refractivity contribution in [3.8, 4) is 0 Å². The van der Waals surface area contributed by atoms with E-state index < -0.39 is 17.9 Å². The second-order valence-corrected chi connectivity index (χ2v) is 2.21. The fraction of sp³-hybridized carbons (Fsp3) is 0.667. The van der Waals surface area contributed by atoms with Gasteiger partial charge in [-0.25, -0.2) is 9.86 Å². The van der Waals surface area contributed by atoms with Crippen LogP contribution in [0.5, 0.6) is 0 Å². The molecule has 0 bridgehead atoms. The van der Waals surface area contributed by atoms with Crippen LogP contribution in [0.15, 0.2) is 0 Å². The Morgan fingerprint density at radius 2 is 2.55 bits per heavy atom. The fourth-order valence-electron chi connectivity index (χ4n) is 0.828. The van der Waals surface area contributed by atoms with E-state index in [2.05, 4.69) is 4.74 Å². The van der Waals surface area contributed by atoms with Crippen LogP contribution in [0.1, 0.15) is 13.3 Å². The van der Waals surface area contributed by atoms with Gasteiger partial charge < -0.3 is 4.74 Å². The molecule has 1 aliphatic heterocycles. The van der Waals surface area contributed by atoms with Crippen LogP contribution < -0.4 is 0 Å². The van der Waals surface area contributed by atoms with E-state index in [0.29, 0.717) is 5.06 Å². The third kappa shape index (κ3) is 1.32. The van der Waals surface area contributed by atoms with Crippen molar-refractivity contribution >= 4 is 11.9 Å². The maximum atomic E-state index is 10.8. The van der Waals surface area contributed by atoms with Gasteiger partial charge in [0.05, 0.1) is 13.0 Å². The van der Waals surface area contributed by atoms with Gasteiger partial charge in [0, 0.05) is 0 Å². The van der Waals surface area contributed by atoms with Gasteiger partial charge in [-0.3, -0.25) is 10.0 Å². The van der Waals surface area contributed by atoms with Gasteiger partial charge in [-0.1, -0.05) is 0 Å². The van der Waals surface area contributed by atoms with Gasteiger partial charge in [0.25, 0.3) is 0 Å². The number of ether oxygens (including phenoxy) is 1. The van der Waals surface area contributed by atoms with E-state index in [0.717, 1.165) is 0 Å². The molecule has 5 heteroatoms. The first-order valence-corrected chi connectivity index (χ1v) is 3.34. The predicted molar refractivity (Wildman–Crippen MR) is 33.7 cm³/mol. The van der Waals surface area contributed by atoms with Gasteiger partial charge in [0.1, 0.15) is 0 Å². The Balaban J connectivity index is 2.39. The summed E-state index contributed by atoms with van der Waals surface area (Å²) in [6.07, 6.45) is 0.0509. The molecule has 1 amide bonds. The van der Waals surface area contributed by atoms with E-state index >= 15 is 0 Å². The monoisotopic (exact) mass is 159 g/mol. The van der Waals surface area contributed by atoms with Gasteiger partial charge >= 0.3 is 5.97 Å². The highest BCUT2D eigenvalue weighted by Crippen LogP contribution is 2.16. The van der Waals surface area contributed by atoms with Crippen molar-refractivity contribution in [2.45, 2.75) is 19.4 Å². The summed E-state index contributed by atoms with van der Waals surface area (Å²) in [6, 6.07) is -0.776. The molecule has 0 spiro atoms. The number of hydroxylamine groups is 2. The molecule has 0 aliphatic carbocycles. The molecule has 0 radical (unpaired) electrons. The molecule has 11 heavy (non-hydrogen) atoms. The molecule has 1 fully saturated rings. The molecule has 0 saturated carbocycles. The molecule has 62 valence electrons.